The summed E-state index contributed by atoms with van der Waals surface area (Å²) in [5, 5.41) is 10.6. The molecule has 3 N–H and O–H groups in total. The third-order valence-corrected chi connectivity index (χ3v) is 20.6. The summed E-state index contributed by atoms with van der Waals surface area (Å²) >= 11 is 0. The summed E-state index contributed by atoms with van der Waals surface area (Å²) in [7, 11) is -9.92. The first kappa shape index (κ1) is 96.1. The second-order valence-electron chi connectivity index (χ2n) is 30.1. The Balaban J connectivity index is 5.26. The Morgan fingerprint density at radius 1 is 0.286 bits per heavy atom. The number of hydrogen-bond acceptors (Lipinski definition) is 15. The zero-order chi connectivity index (χ0) is 72.4. The minimum atomic E-state index is -4.96. The second kappa shape index (κ2) is 68.2. The van der Waals surface area contributed by atoms with Crippen molar-refractivity contribution in [2.24, 2.45) is 23.7 Å². The smallest absolute Gasteiger partial charge is 0.462 e. The van der Waals surface area contributed by atoms with Crippen LogP contribution in [0.5, 0.6) is 0 Å². The summed E-state index contributed by atoms with van der Waals surface area (Å²) < 4.78 is 68.7. The van der Waals surface area contributed by atoms with E-state index in [0.29, 0.717) is 25.7 Å². The molecule has 0 spiro atoms. The number of aliphatic hydroxyl groups excluding tert-OH is 1. The molecule has 0 aliphatic carbocycles. The van der Waals surface area contributed by atoms with Crippen LogP contribution < -0.4 is 0 Å². The molecule has 0 aromatic heterocycles. The van der Waals surface area contributed by atoms with Gasteiger partial charge < -0.3 is 33.8 Å². The van der Waals surface area contributed by atoms with E-state index >= 15 is 0 Å². The monoisotopic (exact) mass is 1440 g/mol. The minimum Gasteiger partial charge on any atom is -0.462 e. The highest BCUT2D eigenvalue weighted by Gasteiger charge is 2.30. The Morgan fingerprint density at radius 2 is 0.490 bits per heavy atom. The average molecular weight is 1440 g/mol. The van der Waals surface area contributed by atoms with Gasteiger partial charge in [-0.15, -0.1) is 0 Å². The number of carbonyl (C=O) groups excluding carboxylic acids is 4. The molecular weight excluding hydrogens is 1280 g/mol. The fourth-order valence-electron chi connectivity index (χ4n) is 12.0. The number of phosphoric acid groups is 2. The van der Waals surface area contributed by atoms with Gasteiger partial charge in [0.15, 0.2) is 12.2 Å². The van der Waals surface area contributed by atoms with Gasteiger partial charge in [0.25, 0.3) is 0 Å². The van der Waals surface area contributed by atoms with Crippen LogP contribution in [0.1, 0.15) is 402 Å². The molecule has 98 heavy (non-hydrogen) atoms. The van der Waals surface area contributed by atoms with Gasteiger partial charge in [0.2, 0.25) is 0 Å². The van der Waals surface area contributed by atoms with Crippen molar-refractivity contribution in [3.05, 3.63) is 0 Å². The largest absolute Gasteiger partial charge is 0.472 e. The van der Waals surface area contributed by atoms with Crippen molar-refractivity contribution in [1.29, 1.82) is 0 Å². The molecule has 0 aromatic rings. The quantitative estimate of drug-likeness (QED) is 0.0222. The van der Waals surface area contributed by atoms with E-state index in [9.17, 15) is 43.2 Å². The molecule has 0 saturated heterocycles. The number of unbranched alkanes of at least 4 members (excludes halogenated alkanes) is 41. The Bertz CT molecular complexity index is 1920. The molecule has 0 rings (SSSR count). The lowest BCUT2D eigenvalue weighted by atomic mass is 10.00. The summed E-state index contributed by atoms with van der Waals surface area (Å²) in [6.07, 6.45) is 54.1. The Kier molecular flexibility index (Phi) is 66.8. The lowest BCUT2D eigenvalue weighted by Gasteiger charge is -2.21. The molecule has 17 nitrogen and oxygen atoms in total. The van der Waals surface area contributed by atoms with Gasteiger partial charge in [0, 0.05) is 25.7 Å². The van der Waals surface area contributed by atoms with E-state index in [4.69, 9.17) is 37.0 Å². The van der Waals surface area contributed by atoms with Gasteiger partial charge in [-0.3, -0.25) is 37.3 Å². The van der Waals surface area contributed by atoms with Gasteiger partial charge in [0.05, 0.1) is 26.4 Å². The third kappa shape index (κ3) is 71.1. The molecular formula is C79H154O17P2. The lowest BCUT2D eigenvalue weighted by Crippen LogP contribution is -2.30. The van der Waals surface area contributed by atoms with Crippen LogP contribution in [0.3, 0.4) is 0 Å². The van der Waals surface area contributed by atoms with Crippen molar-refractivity contribution in [3.63, 3.8) is 0 Å². The van der Waals surface area contributed by atoms with Crippen LogP contribution in [0.4, 0.5) is 0 Å². The summed E-state index contributed by atoms with van der Waals surface area (Å²) in [6, 6.07) is 0. The molecule has 19 heteroatoms. The number of rotatable bonds is 76. The first-order valence-electron chi connectivity index (χ1n) is 40.7. The first-order chi connectivity index (χ1) is 47.1. The number of aliphatic hydroxyl groups is 1. The van der Waals surface area contributed by atoms with Gasteiger partial charge in [0.1, 0.15) is 19.3 Å². The topological polar surface area (TPSA) is 237 Å². The summed E-state index contributed by atoms with van der Waals surface area (Å²) in [5.74, 6) is 0.975. The summed E-state index contributed by atoms with van der Waals surface area (Å²) in [5.41, 5.74) is 0. The zero-order valence-electron chi connectivity index (χ0n) is 64.4. The molecule has 0 heterocycles. The van der Waals surface area contributed by atoms with E-state index in [0.717, 1.165) is 120 Å². The van der Waals surface area contributed by atoms with E-state index in [1.807, 2.05) is 0 Å². The number of phosphoric ester groups is 2. The molecule has 0 aliphatic rings. The van der Waals surface area contributed by atoms with E-state index in [1.54, 1.807) is 0 Å². The number of carbonyl (C=O) groups is 4. The molecule has 0 aliphatic heterocycles. The van der Waals surface area contributed by atoms with E-state index < -0.39 is 97.5 Å². The first-order valence-corrected chi connectivity index (χ1v) is 43.7. The van der Waals surface area contributed by atoms with Crippen molar-refractivity contribution in [2.75, 3.05) is 39.6 Å². The molecule has 3 unspecified atom stereocenters. The molecule has 0 radical (unpaired) electrons. The zero-order valence-corrected chi connectivity index (χ0v) is 66.2. The van der Waals surface area contributed by atoms with Crippen LogP contribution in [0.15, 0.2) is 0 Å². The molecule has 0 amide bonds. The van der Waals surface area contributed by atoms with E-state index in [1.165, 1.54) is 199 Å². The van der Waals surface area contributed by atoms with E-state index in [-0.39, 0.29) is 25.7 Å². The summed E-state index contributed by atoms with van der Waals surface area (Å²) in [6.45, 7) is 14.2. The van der Waals surface area contributed by atoms with Gasteiger partial charge >= 0.3 is 39.5 Å². The van der Waals surface area contributed by atoms with Gasteiger partial charge in [-0.05, 0) is 49.4 Å². The van der Waals surface area contributed by atoms with E-state index in [2.05, 4.69) is 55.4 Å². The predicted molar refractivity (Wildman–Crippen MR) is 400 cm³/mol. The van der Waals surface area contributed by atoms with Crippen LogP contribution in [-0.2, 0) is 65.4 Å². The molecule has 0 saturated carbocycles. The standard InChI is InChI=1S/C79H154O17P2/c1-9-72(8)58-50-42-37-38-44-52-60-77(82)90-66-75(96-79(84)62-54-46-36-30-24-18-16-21-27-33-41-49-57-71(6)7)68-94-98(87,88)92-64-73(80)63-91-97(85,86)93-67-74(65-89-76(81)59-51-43-34-28-22-17-15-20-26-32-40-48-56-70(4)5)95-78(83)61-53-45-35-29-23-14-12-10-11-13-19-25-31-39-47-55-69(2)3/h69-75,80H,9-68H2,1-8H3,(H,85,86)(H,87,88)/t72?,73-,74-,75-/m1/s1. The van der Waals surface area contributed by atoms with Crippen LogP contribution in [0.2, 0.25) is 0 Å². The normalized spacial score (nSPS) is 14.3. The number of ether oxygens (including phenoxy) is 4. The molecule has 582 valence electrons. The van der Waals surface area contributed by atoms with Gasteiger partial charge in [-0.2, -0.15) is 0 Å². The molecule has 6 atom stereocenters. The Hall–Kier alpha value is -1.94. The van der Waals surface area contributed by atoms with Crippen molar-refractivity contribution >= 4 is 39.5 Å². The summed E-state index contributed by atoms with van der Waals surface area (Å²) in [4.78, 5) is 73.0. The molecule has 0 aromatic carbocycles. The number of esters is 4. The third-order valence-electron chi connectivity index (χ3n) is 18.7. The van der Waals surface area contributed by atoms with Crippen LogP contribution >= 0.6 is 15.6 Å². The molecule has 0 bridgehead atoms. The van der Waals surface area contributed by atoms with Crippen molar-refractivity contribution in [2.45, 2.75) is 420 Å². The average Bonchev–Trinajstić information content (AvgIpc) is 0.988. The maximum atomic E-state index is 13.1. The van der Waals surface area contributed by atoms with Crippen molar-refractivity contribution in [3.8, 4) is 0 Å². The predicted octanol–water partition coefficient (Wildman–Crippen LogP) is 23.2. The Labute approximate surface area is 600 Å². The van der Waals surface area contributed by atoms with Crippen molar-refractivity contribution < 1.29 is 80.2 Å². The highest BCUT2D eigenvalue weighted by molar-refractivity contribution is 7.47. The lowest BCUT2D eigenvalue weighted by molar-refractivity contribution is -0.161. The van der Waals surface area contributed by atoms with Crippen LogP contribution in [0, 0.1) is 23.7 Å². The van der Waals surface area contributed by atoms with Crippen LogP contribution in [0.25, 0.3) is 0 Å². The second-order valence-corrected chi connectivity index (χ2v) is 33.0. The maximum absolute atomic E-state index is 13.1. The Morgan fingerprint density at radius 3 is 0.724 bits per heavy atom. The van der Waals surface area contributed by atoms with Crippen LogP contribution in [-0.4, -0.2) is 96.7 Å². The van der Waals surface area contributed by atoms with Gasteiger partial charge in [-0.1, -0.05) is 351 Å². The SMILES string of the molecule is CCC(C)CCCCCCCCC(=O)OC[C@H](COP(=O)(O)OC[C@H](O)COP(=O)(O)OC[C@@H](COC(=O)CCCCCCCCCCCCCCC(C)C)OC(=O)CCCCCCCCCCCCCCCCCC(C)C)OC(=O)CCCCCCCCCCCCCCC(C)C. The maximum Gasteiger partial charge on any atom is 0.472 e. The number of hydrogen-bond donors (Lipinski definition) is 3. The highest BCUT2D eigenvalue weighted by atomic mass is 31.2. The fourth-order valence-corrected chi connectivity index (χ4v) is 13.6. The van der Waals surface area contributed by atoms with Crippen molar-refractivity contribution in [1.82, 2.24) is 0 Å². The molecule has 0 fully saturated rings. The minimum absolute atomic E-state index is 0.106. The highest BCUT2D eigenvalue weighted by Crippen LogP contribution is 2.45. The van der Waals surface area contributed by atoms with Gasteiger partial charge in [-0.25, -0.2) is 9.13 Å². The fraction of sp³-hybridized carbons (Fsp3) is 0.949.